The van der Waals surface area contributed by atoms with Crippen molar-refractivity contribution >= 4 is 17.7 Å². The predicted molar refractivity (Wildman–Crippen MR) is 116 cm³/mol. The number of anilines is 2. The molecule has 3 heterocycles. The molecule has 1 aromatic heterocycles. The minimum Gasteiger partial charge on any atom is -0.342 e. The fraction of sp³-hybridized carbons (Fsp3) is 0.478. The van der Waals surface area contributed by atoms with Gasteiger partial charge >= 0.3 is 0 Å². The maximum absolute atomic E-state index is 13.1. The highest BCUT2D eigenvalue weighted by Crippen LogP contribution is 2.38. The first-order chi connectivity index (χ1) is 14.4. The van der Waals surface area contributed by atoms with Crippen molar-refractivity contribution in [3.63, 3.8) is 0 Å². The summed E-state index contributed by atoms with van der Waals surface area (Å²) in [6, 6.07) is 9.89. The summed E-state index contributed by atoms with van der Waals surface area (Å²) in [5, 5.41) is 12.4. The molecule has 2 atom stereocenters. The number of rotatable bonds is 3. The van der Waals surface area contributed by atoms with E-state index in [2.05, 4.69) is 47.0 Å². The van der Waals surface area contributed by atoms with E-state index in [0.717, 1.165) is 37.1 Å². The predicted octanol–water partition coefficient (Wildman–Crippen LogP) is 3.35. The monoisotopic (exact) mass is 405 g/mol. The van der Waals surface area contributed by atoms with Crippen molar-refractivity contribution in [3.8, 4) is 6.07 Å². The third-order valence-electron chi connectivity index (χ3n) is 6.30. The Morgan fingerprint density at radius 2 is 1.83 bits per heavy atom. The van der Waals surface area contributed by atoms with Gasteiger partial charge in [0.15, 0.2) is 0 Å². The minimum atomic E-state index is -0.980. The first-order valence-corrected chi connectivity index (χ1v) is 10.6. The smallest absolute Gasteiger partial charge is 0.258 e. The first-order valence-electron chi connectivity index (χ1n) is 10.6. The van der Waals surface area contributed by atoms with Gasteiger partial charge in [0.05, 0.1) is 11.6 Å². The van der Waals surface area contributed by atoms with Gasteiger partial charge in [-0.3, -0.25) is 14.6 Å². The topological polar surface area (TPSA) is 102 Å². The standard InChI is InChI=1S/C23H27N5O2/c1-13(2)15-4-6-16(7-5-15)18-17(12-24)21(29)25-20-19(18)22(30)27-23(26-20)28-10-8-14(3)9-11-28/h4-7,13-14,17-18H,8-11H2,1-3H3,(H2,25,26,27,29,30). The third-order valence-corrected chi connectivity index (χ3v) is 6.30. The van der Waals surface area contributed by atoms with E-state index in [9.17, 15) is 14.9 Å². The number of hydrogen-bond donors (Lipinski definition) is 2. The van der Waals surface area contributed by atoms with E-state index in [1.54, 1.807) is 0 Å². The van der Waals surface area contributed by atoms with Gasteiger partial charge in [-0.05, 0) is 35.8 Å². The van der Waals surface area contributed by atoms with Crippen molar-refractivity contribution in [2.24, 2.45) is 11.8 Å². The largest absolute Gasteiger partial charge is 0.342 e. The van der Waals surface area contributed by atoms with Gasteiger partial charge in [-0.1, -0.05) is 45.0 Å². The van der Waals surface area contributed by atoms with Gasteiger partial charge < -0.3 is 10.2 Å². The van der Waals surface area contributed by atoms with E-state index in [1.165, 1.54) is 0 Å². The second-order valence-electron chi connectivity index (χ2n) is 8.72. The fourth-order valence-corrected chi connectivity index (χ4v) is 4.32. The fourth-order valence-electron chi connectivity index (χ4n) is 4.32. The number of carbonyl (C=O) groups is 1. The molecule has 2 aliphatic heterocycles. The number of aromatic nitrogens is 2. The highest BCUT2D eigenvalue weighted by atomic mass is 16.2. The summed E-state index contributed by atoms with van der Waals surface area (Å²) >= 11 is 0. The van der Waals surface area contributed by atoms with Crippen LogP contribution in [0.15, 0.2) is 29.1 Å². The number of H-pyrrole nitrogens is 1. The molecule has 2 aromatic rings. The molecule has 0 saturated carbocycles. The van der Waals surface area contributed by atoms with E-state index >= 15 is 0 Å². The van der Waals surface area contributed by atoms with Crippen LogP contribution in [-0.2, 0) is 4.79 Å². The lowest BCUT2D eigenvalue weighted by Gasteiger charge is -2.33. The van der Waals surface area contributed by atoms with Gasteiger partial charge in [0.1, 0.15) is 11.7 Å². The highest BCUT2D eigenvalue weighted by molar-refractivity contribution is 5.98. The van der Waals surface area contributed by atoms with Crippen LogP contribution in [0, 0.1) is 23.2 Å². The lowest BCUT2D eigenvalue weighted by molar-refractivity contribution is -0.119. The van der Waals surface area contributed by atoms with Crippen LogP contribution >= 0.6 is 0 Å². The lowest BCUT2D eigenvalue weighted by Crippen LogP contribution is -2.40. The zero-order chi connectivity index (χ0) is 21.4. The Hall–Kier alpha value is -3.14. The van der Waals surface area contributed by atoms with Crippen molar-refractivity contribution in [2.45, 2.75) is 45.4 Å². The Morgan fingerprint density at radius 1 is 1.17 bits per heavy atom. The number of nitrogens with zero attached hydrogens (tertiary/aromatic N) is 3. The van der Waals surface area contributed by atoms with Gasteiger partial charge in [-0.15, -0.1) is 0 Å². The van der Waals surface area contributed by atoms with E-state index in [1.807, 2.05) is 24.3 Å². The summed E-state index contributed by atoms with van der Waals surface area (Å²) in [4.78, 5) is 35.4. The van der Waals surface area contributed by atoms with Crippen LogP contribution in [0.3, 0.4) is 0 Å². The van der Waals surface area contributed by atoms with Gasteiger partial charge in [-0.2, -0.15) is 10.2 Å². The average Bonchev–Trinajstić information content (AvgIpc) is 2.73. The zero-order valence-corrected chi connectivity index (χ0v) is 17.6. The number of piperidine rings is 1. The van der Waals surface area contributed by atoms with Crippen molar-refractivity contribution in [3.05, 3.63) is 51.3 Å². The molecule has 7 nitrogen and oxygen atoms in total. The van der Waals surface area contributed by atoms with E-state index in [0.29, 0.717) is 23.3 Å². The summed E-state index contributed by atoms with van der Waals surface area (Å²) in [6.45, 7) is 8.06. The molecule has 1 fully saturated rings. The average molecular weight is 406 g/mol. The van der Waals surface area contributed by atoms with Gasteiger partial charge in [0, 0.05) is 19.0 Å². The van der Waals surface area contributed by atoms with Crippen LogP contribution in [0.5, 0.6) is 0 Å². The summed E-state index contributed by atoms with van der Waals surface area (Å²) in [7, 11) is 0. The number of nitrogens with one attached hydrogen (secondary N) is 2. The molecule has 1 amide bonds. The maximum atomic E-state index is 13.1. The Labute approximate surface area is 176 Å². The summed E-state index contributed by atoms with van der Waals surface area (Å²) in [6.07, 6.45) is 2.07. The molecule has 2 N–H and O–H groups in total. The Kier molecular flexibility index (Phi) is 5.33. The summed E-state index contributed by atoms with van der Waals surface area (Å²) in [5.74, 6) is -0.275. The van der Waals surface area contributed by atoms with E-state index < -0.39 is 17.7 Å². The van der Waals surface area contributed by atoms with Gasteiger partial charge in [0.25, 0.3) is 5.56 Å². The van der Waals surface area contributed by atoms with E-state index in [4.69, 9.17) is 0 Å². The molecule has 0 bridgehead atoms. The van der Waals surface area contributed by atoms with E-state index in [-0.39, 0.29) is 11.4 Å². The van der Waals surface area contributed by atoms with Crippen LogP contribution < -0.4 is 15.8 Å². The number of aromatic amines is 1. The second-order valence-corrected chi connectivity index (χ2v) is 8.72. The number of fused-ring (bicyclic) bond motifs is 1. The van der Waals surface area contributed by atoms with Crippen molar-refractivity contribution in [1.82, 2.24) is 9.97 Å². The summed E-state index contributed by atoms with van der Waals surface area (Å²) in [5.41, 5.74) is 1.99. The molecule has 30 heavy (non-hydrogen) atoms. The molecule has 1 aromatic carbocycles. The minimum absolute atomic E-state index is 0.266. The number of benzene rings is 1. The Balaban J connectivity index is 1.78. The van der Waals surface area contributed by atoms with Crippen LogP contribution in [0.2, 0.25) is 0 Å². The molecule has 2 aliphatic rings. The van der Waals surface area contributed by atoms with Crippen LogP contribution in [0.4, 0.5) is 11.8 Å². The lowest BCUT2D eigenvalue weighted by atomic mass is 9.79. The zero-order valence-electron chi connectivity index (χ0n) is 17.6. The normalized spacial score (nSPS) is 21.8. The maximum Gasteiger partial charge on any atom is 0.258 e. The quantitative estimate of drug-likeness (QED) is 0.815. The third kappa shape index (κ3) is 3.58. The Bertz CT molecular complexity index is 1040. The molecular formula is C23H27N5O2. The molecule has 1 saturated heterocycles. The highest BCUT2D eigenvalue weighted by Gasteiger charge is 2.40. The van der Waals surface area contributed by atoms with Crippen LogP contribution in [0.1, 0.15) is 62.1 Å². The SMILES string of the molecule is CC1CCN(c2nc3c(c(=O)[nH]2)C(c2ccc(C(C)C)cc2)C(C#N)C(=O)N3)CC1. The van der Waals surface area contributed by atoms with Gasteiger partial charge in [-0.25, -0.2) is 0 Å². The molecule has 0 spiro atoms. The Morgan fingerprint density at radius 3 is 2.43 bits per heavy atom. The number of carbonyl (C=O) groups excluding carboxylic acids is 1. The van der Waals surface area contributed by atoms with Crippen molar-refractivity contribution in [1.29, 1.82) is 5.26 Å². The molecule has 4 rings (SSSR count). The van der Waals surface area contributed by atoms with Crippen LogP contribution in [-0.4, -0.2) is 29.0 Å². The summed E-state index contributed by atoms with van der Waals surface area (Å²) < 4.78 is 0. The number of amides is 1. The molecule has 7 heteroatoms. The first kappa shape index (κ1) is 20.1. The molecule has 156 valence electrons. The van der Waals surface area contributed by atoms with Crippen molar-refractivity contribution < 1.29 is 4.79 Å². The molecule has 0 aliphatic carbocycles. The van der Waals surface area contributed by atoms with Crippen LogP contribution in [0.25, 0.3) is 0 Å². The number of nitriles is 1. The molecular weight excluding hydrogens is 378 g/mol. The molecule has 2 unspecified atom stereocenters. The second kappa shape index (κ2) is 7.94. The number of hydrogen-bond acceptors (Lipinski definition) is 5. The van der Waals surface area contributed by atoms with Crippen molar-refractivity contribution in [2.75, 3.05) is 23.3 Å². The van der Waals surface area contributed by atoms with Gasteiger partial charge in [0.2, 0.25) is 11.9 Å². The molecule has 0 radical (unpaired) electrons.